The fourth-order valence-electron chi connectivity index (χ4n) is 4.86. The average molecular weight is 420 g/mol. The van der Waals surface area contributed by atoms with E-state index in [1.165, 1.54) is 17.4 Å². The molecule has 1 aliphatic heterocycles. The zero-order chi connectivity index (χ0) is 20.8. The van der Waals surface area contributed by atoms with Crippen molar-refractivity contribution >= 4 is 26.4 Å². The Morgan fingerprint density at radius 1 is 1.07 bits per heavy atom. The summed E-state index contributed by atoms with van der Waals surface area (Å²) in [7, 11) is -2.10. The van der Waals surface area contributed by atoms with Crippen molar-refractivity contribution in [3.05, 3.63) is 34.6 Å². The number of piperazine rings is 1. The van der Waals surface area contributed by atoms with Crippen molar-refractivity contribution in [3.8, 4) is 0 Å². The summed E-state index contributed by atoms with van der Waals surface area (Å²) in [6.07, 6.45) is 5.16. The number of aryl methyl sites for hydroxylation is 1. The Kier molecular flexibility index (Phi) is 5.44. The summed E-state index contributed by atoms with van der Waals surface area (Å²) in [4.78, 5) is 16.9. The van der Waals surface area contributed by atoms with E-state index in [2.05, 4.69) is 4.90 Å². The lowest BCUT2D eigenvalue weighted by atomic mass is 10.0. The van der Waals surface area contributed by atoms with Crippen molar-refractivity contribution in [3.63, 3.8) is 0 Å². The summed E-state index contributed by atoms with van der Waals surface area (Å²) in [6.45, 7) is 2.43. The zero-order valence-electron chi connectivity index (χ0n) is 17.0. The van der Waals surface area contributed by atoms with Crippen molar-refractivity contribution in [1.29, 1.82) is 0 Å². The molecule has 2 aromatic rings. The molecular formula is C21H29N3O4S. The molecule has 8 heteroatoms. The second kappa shape index (κ2) is 7.74. The van der Waals surface area contributed by atoms with Crippen LogP contribution in [0.2, 0.25) is 0 Å². The van der Waals surface area contributed by atoms with Gasteiger partial charge in [-0.3, -0.25) is 9.69 Å². The molecule has 1 aromatic carbocycles. The number of aliphatic hydroxyl groups excluding tert-OH is 1. The first-order chi connectivity index (χ1) is 13.8. The highest BCUT2D eigenvalue weighted by molar-refractivity contribution is 7.90. The van der Waals surface area contributed by atoms with E-state index in [9.17, 15) is 18.3 Å². The maximum absolute atomic E-state index is 12.9. The number of benzene rings is 1. The third-order valence-electron chi connectivity index (χ3n) is 6.43. The third-order valence-corrected chi connectivity index (χ3v) is 7.54. The van der Waals surface area contributed by atoms with Crippen molar-refractivity contribution in [1.82, 2.24) is 9.47 Å². The molecule has 1 unspecified atom stereocenters. The van der Waals surface area contributed by atoms with Gasteiger partial charge in [-0.1, -0.05) is 31.0 Å². The number of sulfone groups is 1. The van der Waals surface area contributed by atoms with Crippen LogP contribution < -0.4 is 10.5 Å². The van der Waals surface area contributed by atoms with Crippen molar-refractivity contribution in [2.75, 3.05) is 37.3 Å². The molecule has 158 valence electrons. The van der Waals surface area contributed by atoms with Gasteiger partial charge in [0.2, 0.25) is 0 Å². The Morgan fingerprint density at radius 3 is 2.31 bits per heavy atom. The molecule has 1 atom stereocenters. The largest absolute Gasteiger partial charge is 0.378 e. The molecule has 7 nitrogen and oxygen atoms in total. The van der Waals surface area contributed by atoms with Gasteiger partial charge < -0.3 is 14.6 Å². The number of anilines is 1. The molecule has 1 aromatic heterocycles. The number of rotatable bonds is 4. The Hall–Kier alpha value is -1.90. The number of hydrogen-bond acceptors (Lipinski definition) is 6. The summed E-state index contributed by atoms with van der Waals surface area (Å²) in [5.74, 6) is 0.331. The number of pyridine rings is 1. The molecule has 2 fully saturated rings. The van der Waals surface area contributed by atoms with Gasteiger partial charge in [0.25, 0.3) is 5.56 Å². The van der Waals surface area contributed by atoms with Gasteiger partial charge in [-0.25, -0.2) is 8.42 Å². The zero-order valence-corrected chi connectivity index (χ0v) is 17.9. The molecule has 0 bridgehead atoms. The molecule has 0 spiro atoms. The quantitative estimate of drug-likeness (QED) is 0.810. The van der Waals surface area contributed by atoms with Crippen LogP contribution in [-0.2, 0) is 16.9 Å². The van der Waals surface area contributed by atoms with Crippen LogP contribution in [0.4, 0.5) is 5.69 Å². The number of para-hydroxylation sites is 1. The minimum Gasteiger partial charge on any atom is -0.378 e. The van der Waals surface area contributed by atoms with Gasteiger partial charge in [0.1, 0.15) is 6.23 Å². The maximum atomic E-state index is 12.9. The summed E-state index contributed by atoms with van der Waals surface area (Å²) in [6, 6.07) is 7.43. The lowest BCUT2D eigenvalue weighted by Crippen LogP contribution is -2.52. The minimum absolute atomic E-state index is 0.136. The molecular weight excluding hydrogens is 390 g/mol. The fraction of sp³-hybridized carbons (Fsp3) is 0.571. The molecule has 2 heterocycles. The second-order valence-electron chi connectivity index (χ2n) is 8.31. The number of hydrogen-bond donors (Lipinski definition) is 1. The first-order valence-corrected chi connectivity index (χ1v) is 12.2. The fourth-order valence-corrected chi connectivity index (χ4v) is 5.91. The monoisotopic (exact) mass is 419 g/mol. The summed E-state index contributed by atoms with van der Waals surface area (Å²) in [5, 5.41) is 11.5. The number of aromatic nitrogens is 1. The summed E-state index contributed by atoms with van der Waals surface area (Å²) in [5.41, 5.74) is 0.726. The van der Waals surface area contributed by atoms with Gasteiger partial charge in [0.15, 0.2) is 14.7 Å². The predicted molar refractivity (Wildman–Crippen MR) is 114 cm³/mol. The molecule has 1 saturated heterocycles. The van der Waals surface area contributed by atoms with E-state index in [0.29, 0.717) is 43.3 Å². The van der Waals surface area contributed by atoms with E-state index >= 15 is 0 Å². The lowest BCUT2D eigenvalue weighted by Gasteiger charge is -2.40. The molecule has 29 heavy (non-hydrogen) atoms. The Balaban J connectivity index is 1.71. The molecule has 1 aliphatic carbocycles. The number of nitrogens with zero attached hydrogens (tertiary/aromatic N) is 3. The molecule has 0 radical (unpaired) electrons. The normalized spacial score (nSPS) is 20.4. The molecule has 0 amide bonds. The van der Waals surface area contributed by atoms with Gasteiger partial charge in [-0.05, 0) is 24.8 Å². The number of fused-ring (bicyclic) bond motifs is 1. The first-order valence-electron chi connectivity index (χ1n) is 10.3. The molecule has 1 saturated carbocycles. The van der Waals surface area contributed by atoms with Crippen LogP contribution in [0.1, 0.15) is 25.7 Å². The van der Waals surface area contributed by atoms with Crippen molar-refractivity contribution in [2.24, 2.45) is 13.0 Å². The summed E-state index contributed by atoms with van der Waals surface area (Å²) >= 11 is 0. The highest BCUT2D eigenvalue weighted by atomic mass is 32.2. The predicted octanol–water partition coefficient (Wildman–Crippen LogP) is 1.57. The number of aliphatic hydroxyl groups is 1. The van der Waals surface area contributed by atoms with Crippen LogP contribution in [0, 0.1) is 5.92 Å². The highest BCUT2D eigenvalue weighted by Crippen LogP contribution is 2.33. The van der Waals surface area contributed by atoms with Crippen LogP contribution >= 0.6 is 0 Å². The van der Waals surface area contributed by atoms with Crippen LogP contribution in [0.15, 0.2) is 34.0 Å². The summed E-state index contributed by atoms with van der Waals surface area (Å²) < 4.78 is 26.6. The lowest BCUT2D eigenvalue weighted by molar-refractivity contribution is -0.0407. The van der Waals surface area contributed by atoms with E-state index in [4.69, 9.17) is 0 Å². The second-order valence-corrected chi connectivity index (χ2v) is 10.3. The van der Waals surface area contributed by atoms with Gasteiger partial charge in [-0.2, -0.15) is 0 Å². The van der Waals surface area contributed by atoms with E-state index < -0.39 is 21.6 Å². The van der Waals surface area contributed by atoms with E-state index in [-0.39, 0.29) is 4.90 Å². The Bertz CT molecular complexity index is 1070. The van der Waals surface area contributed by atoms with E-state index in [1.54, 1.807) is 7.05 Å². The maximum Gasteiger partial charge on any atom is 0.271 e. The topological polar surface area (TPSA) is 82.9 Å². The van der Waals surface area contributed by atoms with Crippen molar-refractivity contribution < 1.29 is 13.5 Å². The van der Waals surface area contributed by atoms with E-state index in [0.717, 1.165) is 24.5 Å². The van der Waals surface area contributed by atoms with Crippen LogP contribution in [-0.4, -0.2) is 61.7 Å². The Morgan fingerprint density at radius 2 is 1.69 bits per heavy atom. The standard InChI is InChI=1S/C21H29N3O4S/c1-22-17-10-6-5-9-16(17)18(19(21(22)26)29(2,27)28)23-11-13-24(14-12-23)20(25)15-7-3-4-8-15/h5-6,9-10,15,20,25H,3-4,7-8,11-14H2,1-2H3. The van der Waals surface area contributed by atoms with Gasteiger partial charge in [0.05, 0.1) is 11.2 Å². The SMILES string of the molecule is Cn1c(=O)c(S(C)(=O)=O)c(N2CCN(C(O)C3CCCC3)CC2)c2ccccc21. The average Bonchev–Trinajstić information content (AvgIpc) is 3.24. The molecule has 1 N–H and O–H groups in total. The highest BCUT2D eigenvalue weighted by Gasteiger charge is 2.33. The van der Waals surface area contributed by atoms with Crippen LogP contribution in [0.25, 0.3) is 10.9 Å². The van der Waals surface area contributed by atoms with Gasteiger partial charge in [-0.15, -0.1) is 0 Å². The molecule has 2 aliphatic rings. The molecule has 4 rings (SSSR count). The minimum atomic E-state index is -3.71. The van der Waals surface area contributed by atoms with Crippen LogP contribution in [0.3, 0.4) is 0 Å². The Labute approximate surface area is 171 Å². The van der Waals surface area contributed by atoms with Crippen LogP contribution in [0.5, 0.6) is 0 Å². The first kappa shape index (κ1) is 20.4. The van der Waals surface area contributed by atoms with Crippen molar-refractivity contribution in [2.45, 2.75) is 36.8 Å². The smallest absolute Gasteiger partial charge is 0.271 e. The third kappa shape index (κ3) is 3.69. The van der Waals surface area contributed by atoms with E-state index in [1.807, 2.05) is 29.2 Å². The van der Waals surface area contributed by atoms with Gasteiger partial charge >= 0.3 is 0 Å². The van der Waals surface area contributed by atoms with Gasteiger partial charge in [0, 0.05) is 44.9 Å².